The van der Waals surface area contributed by atoms with Gasteiger partial charge < -0.3 is 4.74 Å². The quantitative estimate of drug-likeness (QED) is 0.0571. The molecule has 0 saturated heterocycles. The normalized spacial score (nSPS) is 12.2. The van der Waals surface area contributed by atoms with E-state index in [0.717, 1.165) is 13.0 Å². The standard InChI is InChI=1S/C42H80OSi2/c1-9-17-28-43-42-40(26-24-35-44(29-18-10-2,30-19-11-3)31-20-12-4)37-39(16-8)38-41(42)27-25-36-45(32-21-13-5,33-22-14-6)34-23-15-7/h16,37-38H,8-15,17-36H2,1-7H3. The van der Waals surface area contributed by atoms with Gasteiger partial charge in [-0.3, -0.25) is 0 Å². The Morgan fingerprint density at radius 3 is 1.09 bits per heavy atom. The molecule has 0 aromatic heterocycles. The topological polar surface area (TPSA) is 9.23 Å². The first-order valence-corrected chi connectivity index (χ1v) is 26.0. The summed E-state index contributed by atoms with van der Waals surface area (Å²) in [5.41, 5.74) is 4.27. The van der Waals surface area contributed by atoms with Crippen molar-refractivity contribution in [3.05, 3.63) is 35.4 Å². The van der Waals surface area contributed by atoms with Crippen LogP contribution in [0.3, 0.4) is 0 Å². The fraction of sp³-hybridized carbons (Fsp3) is 0.810. The molecule has 0 N–H and O–H groups in total. The van der Waals surface area contributed by atoms with E-state index >= 15 is 0 Å². The molecule has 0 heterocycles. The molecule has 0 atom stereocenters. The van der Waals surface area contributed by atoms with Crippen molar-refractivity contribution in [3.8, 4) is 5.75 Å². The Bertz CT molecular complexity index is 760. The summed E-state index contributed by atoms with van der Waals surface area (Å²) in [7, 11) is -2.46. The Morgan fingerprint density at radius 2 is 0.800 bits per heavy atom. The zero-order valence-electron chi connectivity index (χ0n) is 31.9. The van der Waals surface area contributed by atoms with Crippen LogP contribution < -0.4 is 4.74 Å². The highest BCUT2D eigenvalue weighted by Crippen LogP contribution is 2.38. The first-order valence-electron chi connectivity index (χ1n) is 20.3. The average Bonchev–Trinajstić information content (AvgIpc) is 3.06. The molecule has 0 aliphatic carbocycles. The first-order chi connectivity index (χ1) is 21.9. The maximum atomic E-state index is 6.75. The number of ether oxygens (including phenoxy) is 1. The molecule has 0 unspecified atom stereocenters. The van der Waals surface area contributed by atoms with Gasteiger partial charge in [-0.05, 0) is 48.1 Å². The molecule has 0 aliphatic heterocycles. The van der Waals surface area contributed by atoms with E-state index in [9.17, 15) is 0 Å². The zero-order chi connectivity index (χ0) is 33.2. The lowest BCUT2D eigenvalue weighted by atomic mass is 9.98. The molecule has 262 valence electrons. The Kier molecular flexibility index (Phi) is 24.6. The van der Waals surface area contributed by atoms with Gasteiger partial charge in [-0.2, -0.15) is 0 Å². The van der Waals surface area contributed by atoms with Crippen molar-refractivity contribution in [3.63, 3.8) is 0 Å². The lowest BCUT2D eigenvalue weighted by Crippen LogP contribution is -2.34. The number of rotatable bonds is 31. The van der Waals surface area contributed by atoms with E-state index in [1.807, 2.05) is 0 Å². The maximum Gasteiger partial charge on any atom is 0.125 e. The molecule has 0 saturated carbocycles. The minimum absolute atomic E-state index is 0.855. The number of aryl methyl sites for hydroxylation is 2. The van der Waals surface area contributed by atoms with Gasteiger partial charge in [0.25, 0.3) is 0 Å². The van der Waals surface area contributed by atoms with Crippen LogP contribution >= 0.6 is 0 Å². The van der Waals surface area contributed by atoms with Crippen LogP contribution in [-0.2, 0) is 12.8 Å². The second-order valence-corrected chi connectivity index (χ2v) is 24.9. The molecule has 0 amide bonds. The van der Waals surface area contributed by atoms with Gasteiger partial charge in [0, 0.05) is 0 Å². The monoisotopic (exact) mass is 657 g/mol. The van der Waals surface area contributed by atoms with Crippen LogP contribution in [0.2, 0.25) is 48.4 Å². The second-order valence-electron chi connectivity index (χ2n) is 14.9. The van der Waals surface area contributed by atoms with Crippen molar-refractivity contribution >= 4 is 22.2 Å². The molecule has 0 aliphatic rings. The van der Waals surface area contributed by atoms with Crippen LogP contribution in [0, 0.1) is 0 Å². The van der Waals surface area contributed by atoms with Gasteiger partial charge in [-0.1, -0.05) is 206 Å². The largest absolute Gasteiger partial charge is 0.493 e. The van der Waals surface area contributed by atoms with Crippen LogP contribution in [0.15, 0.2) is 18.7 Å². The van der Waals surface area contributed by atoms with Crippen molar-refractivity contribution in [1.82, 2.24) is 0 Å². The summed E-state index contributed by atoms with van der Waals surface area (Å²) in [5.74, 6) is 1.26. The second kappa shape index (κ2) is 26.2. The molecule has 1 rings (SSSR count). The summed E-state index contributed by atoms with van der Waals surface area (Å²) < 4.78 is 6.75. The highest BCUT2D eigenvalue weighted by Gasteiger charge is 2.32. The third kappa shape index (κ3) is 16.7. The van der Waals surface area contributed by atoms with Crippen molar-refractivity contribution in [2.45, 2.75) is 212 Å². The van der Waals surface area contributed by atoms with Gasteiger partial charge in [0.05, 0.1) is 22.8 Å². The minimum atomic E-state index is -1.23. The highest BCUT2D eigenvalue weighted by atomic mass is 28.3. The molecule has 0 radical (unpaired) electrons. The number of hydrogen-bond acceptors (Lipinski definition) is 1. The van der Waals surface area contributed by atoms with Gasteiger partial charge in [0.15, 0.2) is 0 Å². The predicted molar refractivity (Wildman–Crippen MR) is 213 cm³/mol. The lowest BCUT2D eigenvalue weighted by Gasteiger charge is -2.33. The van der Waals surface area contributed by atoms with E-state index in [2.05, 4.69) is 73.3 Å². The lowest BCUT2D eigenvalue weighted by molar-refractivity contribution is 0.303. The van der Waals surface area contributed by atoms with E-state index in [4.69, 9.17) is 4.74 Å². The SMILES string of the molecule is C=Cc1cc(CCC[Si](CCCC)(CCCC)CCCC)c(OCCCC)c(CCC[Si](CCCC)(CCCC)CCCC)c1. The van der Waals surface area contributed by atoms with E-state index < -0.39 is 16.1 Å². The van der Waals surface area contributed by atoms with E-state index in [-0.39, 0.29) is 0 Å². The van der Waals surface area contributed by atoms with Gasteiger partial charge in [0.1, 0.15) is 5.75 Å². The van der Waals surface area contributed by atoms with Crippen LogP contribution in [0.5, 0.6) is 5.75 Å². The van der Waals surface area contributed by atoms with Crippen LogP contribution in [0.1, 0.15) is 168 Å². The van der Waals surface area contributed by atoms with Crippen molar-refractivity contribution < 1.29 is 4.74 Å². The van der Waals surface area contributed by atoms with Crippen LogP contribution in [0.4, 0.5) is 0 Å². The summed E-state index contributed by atoms with van der Waals surface area (Å²) >= 11 is 0. The van der Waals surface area contributed by atoms with Crippen molar-refractivity contribution in [2.24, 2.45) is 0 Å². The summed E-state index contributed by atoms with van der Waals surface area (Å²) in [6.07, 6.45) is 26.3. The van der Waals surface area contributed by atoms with Gasteiger partial charge in [-0.25, -0.2) is 0 Å². The molecule has 0 spiro atoms. The predicted octanol–water partition coefficient (Wildman–Crippen LogP) is 15.1. The fourth-order valence-electron chi connectivity index (χ4n) is 7.89. The Balaban J connectivity index is 3.29. The summed E-state index contributed by atoms with van der Waals surface area (Å²) in [4.78, 5) is 0. The summed E-state index contributed by atoms with van der Waals surface area (Å²) in [6, 6.07) is 17.2. The third-order valence-electron chi connectivity index (χ3n) is 10.9. The van der Waals surface area contributed by atoms with Gasteiger partial charge in [0.2, 0.25) is 0 Å². The Hall–Kier alpha value is -0.806. The van der Waals surface area contributed by atoms with Crippen molar-refractivity contribution in [2.75, 3.05) is 6.61 Å². The molecule has 1 nitrogen and oxygen atoms in total. The highest BCUT2D eigenvalue weighted by molar-refractivity contribution is 6.80. The smallest absolute Gasteiger partial charge is 0.125 e. The first kappa shape index (κ1) is 42.2. The van der Waals surface area contributed by atoms with E-state index in [1.54, 1.807) is 36.3 Å². The third-order valence-corrected chi connectivity index (χ3v) is 22.2. The molecule has 45 heavy (non-hydrogen) atoms. The molecular weight excluding hydrogens is 577 g/mol. The number of hydrogen-bond donors (Lipinski definition) is 0. The number of unbranched alkanes of at least 4 members (excludes halogenated alkanes) is 7. The minimum Gasteiger partial charge on any atom is -0.493 e. The molecule has 3 heteroatoms. The van der Waals surface area contributed by atoms with E-state index in [0.29, 0.717) is 0 Å². The van der Waals surface area contributed by atoms with Gasteiger partial charge >= 0.3 is 0 Å². The zero-order valence-corrected chi connectivity index (χ0v) is 33.9. The van der Waals surface area contributed by atoms with Crippen LogP contribution in [0.25, 0.3) is 6.08 Å². The summed E-state index contributed by atoms with van der Waals surface area (Å²) in [6.45, 7) is 21.7. The molecule has 0 bridgehead atoms. The average molecular weight is 657 g/mol. The number of benzene rings is 1. The van der Waals surface area contributed by atoms with Crippen LogP contribution in [-0.4, -0.2) is 22.8 Å². The Labute approximate surface area is 286 Å². The molecule has 1 aromatic carbocycles. The molecule has 1 aromatic rings. The molecular formula is C42H80OSi2. The van der Waals surface area contributed by atoms with Crippen molar-refractivity contribution in [1.29, 1.82) is 0 Å². The Morgan fingerprint density at radius 1 is 0.489 bits per heavy atom. The molecule has 0 fully saturated rings. The van der Waals surface area contributed by atoms with E-state index in [1.165, 1.54) is 144 Å². The van der Waals surface area contributed by atoms with Gasteiger partial charge in [-0.15, -0.1) is 0 Å². The fourth-order valence-corrected chi connectivity index (χ4v) is 19.4. The summed E-state index contributed by atoms with van der Waals surface area (Å²) in [5, 5.41) is 0. The maximum absolute atomic E-state index is 6.75.